The second kappa shape index (κ2) is 3.34. The summed E-state index contributed by atoms with van der Waals surface area (Å²) in [5.74, 6) is 1.31. The van der Waals surface area contributed by atoms with Crippen molar-refractivity contribution in [3.63, 3.8) is 0 Å². The van der Waals surface area contributed by atoms with Crippen LogP contribution in [0, 0.1) is 17.3 Å². The minimum Gasteiger partial charge on any atom is -0.395 e. The molecule has 0 aromatic heterocycles. The molecular formula is C12H19NO2. The van der Waals surface area contributed by atoms with E-state index in [1.807, 2.05) is 6.92 Å². The molecule has 15 heavy (non-hydrogen) atoms. The Morgan fingerprint density at radius 2 is 2.27 bits per heavy atom. The topological polar surface area (TPSA) is 49.3 Å². The zero-order valence-electron chi connectivity index (χ0n) is 9.63. The van der Waals surface area contributed by atoms with Gasteiger partial charge < -0.3 is 10.4 Å². The summed E-state index contributed by atoms with van der Waals surface area (Å²) in [5.41, 5.74) is 2.26. The van der Waals surface area contributed by atoms with E-state index in [-0.39, 0.29) is 6.61 Å². The predicted octanol–water partition coefficient (Wildman–Crippen LogP) is 1.09. The van der Waals surface area contributed by atoms with Gasteiger partial charge in [-0.05, 0) is 24.2 Å². The normalized spacial score (nSPS) is 35.1. The van der Waals surface area contributed by atoms with E-state index in [1.54, 1.807) is 0 Å². The highest BCUT2D eigenvalue weighted by Crippen LogP contribution is 2.68. The molecule has 0 radical (unpaired) electrons. The maximum atomic E-state index is 11.7. The summed E-state index contributed by atoms with van der Waals surface area (Å²) in [6.07, 6.45) is 0.713. The van der Waals surface area contributed by atoms with Crippen LogP contribution in [0.2, 0.25) is 0 Å². The Labute approximate surface area is 90.6 Å². The first-order valence-corrected chi connectivity index (χ1v) is 5.59. The van der Waals surface area contributed by atoms with Crippen LogP contribution in [-0.2, 0) is 4.79 Å². The van der Waals surface area contributed by atoms with Crippen molar-refractivity contribution in [3.05, 3.63) is 11.3 Å². The Kier molecular flexibility index (Phi) is 2.38. The maximum Gasteiger partial charge on any atom is 0.161 e. The van der Waals surface area contributed by atoms with E-state index >= 15 is 0 Å². The molecule has 2 N–H and O–H groups in total. The first kappa shape index (κ1) is 10.7. The van der Waals surface area contributed by atoms with Crippen molar-refractivity contribution in [3.8, 4) is 0 Å². The van der Waals surface area contributed by atoms with E-state index in [9.17, 15) is 4.79 Å². The van der Waals surface area contributed by atoms with Crippen molar-refractivity contribution in [2.45, 2.75) is 27.2 Å². The number of nitrogens with one attached hydrogen (secondary N) is 1. The van der Waals surface area contributed by atoms with Crippen molar-refractivity contribution < 1.29 is 9.90 Å². The number of ketones is 1. The van der Waals surface area contributed by atoms with Gasteiger partial charge in [-0.25, -0.2) is 0 Å². The van der Waals surface area contributed by atoms with E-state index in [0.717, 1.165) is 11.3 Å². The molecule has 2 atom stereocenters. The summed E-state index contributed by atoms with van der Waals surface area (Å²) in [6, 6.07) is 0. The highest BCUT2D eigenvalue weighted by molar-refractivity contribution is 6.01. The van der Waals surface area contributed by atoms with Crippen LogP contribution in [-0.4, -0.2) is 24.0 Å². The van der Waals surface area contributed by atoms with Gasteiger partial charge in [0.2, 0.25) is 0 Å². The third kappa shape index (κ3) is 1.49. The molecule has 0 bridgehead atoms. The Balaban J connectivity index is 2.17. The van der Waals surface area contributed by atoms with Gasteiger partial charge in [0.05, 0.1) is 6.61 Å². The minimum absolute atomic E-state index is 0.107. The quantitative estimate of drug-likeness (QED) is 0.684. The Hall–Kier alpha value is -0.830. The number of aliphatic hydroxyl groups excluding tert-OH is 1. The van der Waals surface area contributed by atoms with Crippen LogP contribution in [0.25, 0.3) is 0 Å². The standard InChI is InChI=1S/C12H19NO2/c1-7(13-4-5-14)10-9(15)6-8-11(10)12(8,2)3/h8,11,13-14H,4-6H2,1-3H3. The van der Waals surface area contributed by atoms with Crippen LogP contribution in [0.1, 0.15) is 27.2 Å². The lowest BCUT2D eigenvalue weighted by atomic mass is 9.95. The summed E-state index contributed by atoms with van der Waals surface area (Å²) in [6.45, 7) is 7.04. The van der Waals surface area contributed by atoms with Crippen LogP contribution in [0.5, 0.6) is 0 Å². The number of allylic oxidation sites excluding steroid dienone is 2. The third-order valence-electron chi connectivity index (χ3n) is 3.97. The zero-order chi connectivity index (χ0) is 11.2. The van der Waals surface area contributed by atoms with Gasteiger partial charge in [-0.3, -0.25) is 4.79 Å². The van der Waals surface area contributed by atoms with Crippen molar-refractivity contribution in [1.29, 1.82) is 0 Å². The fourth-order valence-electron chi connectivity index (χ4n) is 2.96. The molecular weight excluding hydrogens is 190 g/mol. The molecule has 0 aromatic carbocycles. The van der Waals surface area contributed by atoms with Crippen molar-refractivity contribution in [2.75, 3.05) is 13.2 Å². The lowest BCUT2D eigenvalue weighted by Gasteiger charge is -2.13. The Bertz CT molecular complexity index is 331. The number of hydrogen-bond acceptors (Lipinski definition) is 3. The second-order valence-corrected chi connectivity index (χ2v) is 5.22. The highest BCUT2D eigenvalue weighted by Gasteiger charge is 2.65. The number of aliphatic hydroxyl groups is 1. The number of Topliss-reactive ketones (excluding diaryl/α,β-unsaturated/α-hetero) is 1. The summed E-state index contributed by atoms with van der Waals surface area (Å²) >= 11 is 0. The number of rotatable bonds is 3. The Morgan fingerprint density at radius 3 is 2.80 bits per heavy atom. The largest absolute Gasteiger partial charge is 0.395 e. The molecule has 2 aliphatic carbocycles. The summed E-state index contributed by atoms with van der Waals surface area (Å²) in [5, 5.41) is 11.8. The predicted molar refractivity (Wildman–Crippen MR) is 58.2 cm³/mol. The SMILES string of the molecule is CC(NCCO)=C1C(=O)CC2C1C2(C)C. The molecule has 0 heterocycles. The van der Waals surface area contributed by atoms with Crippen molar-refractivity contribution >= 4 is 5.78 Å². The molecule has 2 rings (SSSR count). The van der Waals surface area contributed by atoms with E-state index < -0.39 is 0 Å². The average molecular weight is 209 g/mol. The van der Waals surface area contributed by atoms with E-state index in [4.69, 9.17) is 5.11 Å². The molecule has 3 nitrogen and oxygen atoms in total. The van der Waals surface area contributed by atoms with E-state index in [1.165, 1.54) is 0 Å². The number of carbonyl (C=O) groups is 1. The number of fused-ring (bicyclic) bond motifs is 1. The first-order valence-electron chi connectivity index (χ1n) is 5.59. The average Bonchev–Trinajstić information content (AvgIpc) is 2.59. The monoisotopic (exact) mass is 209 g/mol. The van der Waals surface area contributed by atoms with Crippen LogP contribution < -0.4 is 5.32 Å². The van der Waals surface area contributed by atoms with Gasteiger partial charge in [0.25, 0.3) is 0 Å². The molecule has 0 spiro atoms. The van der Waals surface area contributed by atoms with Gasteiger partial charge in [-0.2, -0.15) is 0 Å². The van der Waals surface area contributed by atoms with E-state index in [2.05, 4.69) is 19.2 Å². The fourth-order valence-corrected chi connectivity index (χ4v) is 2.96. The van der Waals surface area contributed by atoms with Crippen molar-refractivity contribution in [1.82, 2.24) is 5.32 Å². The maximum absolute atomic E-state index is 11.7. The van der Waals surface area contributed by atoms with Crippen LogP contribution in [0.3, 0.4) is 0 Å². The Morgan fingerprint density at radius 1 is 1.60 bits per heavy atom. The molecule has 3 heteroatoms. The first-order chi connectivity index (χ1) is 7.00. The number of carbonyl (C=O) groups excluding carboxylic acids is 1. The van der Waals surface area contributed by atoms with Gasteiger partial charge in [-0.1, -0.05) is 13.8 Å². The lowest BCUT2D eigenvalue weighted by Crippen LogP contribution is -2.20. The van der Waals surface area contributed by atoms with Gasteiger partial charge in [-0.15, -0.1) is 0 Å². The summed E-state index contributed by atoms with van der Waals surface area (Å²) in [4.78, 5) is 11.7. The van der Waals surface area contributed by atoms with Crippen LogP contribution in [0.4, 0.5) is 0 Å². The highest BCUT2D eigenvalue weighted by atomic mass is 16.3. The number of hydrogen-bond donors (Lipinski definition) is 2. The van der Waals surface area contributed by atoms with E-state index in [0.29, 0.717) is 36.0 Å². The van der Waals surface area contributed by atoms with Gasteiger partial charge >= 0.3 is 0 Å². The van der Waals surface area contributed by atoms with Gasteiger partial charge in [0.1, 0.15) is 0 Å². The fraction of sp³-hybridized carbons (Fsp3) is 0.750. The molecule has 2 saturated carbocycles. The van der Waals surface area contributed by atoms with Gasteiger partial charge in [0.15, 0.2) is 5.78 Å². The lowest BCUT2D eigenvalue weighted by molar-refractivity contribution is -0.115. The van der Waals surface area contributed by atoms with Crippen LogP contribution in [0.15, 0.2) is 11.3 Å². The summed E-state index contributed by atoms with van der Waals surface area (Å²) in [7, 11) is 0. The van der Waals surface area contributed by atoms with Gasteiger partial charge in [0, 0.05) is 24.2 Å². The second-order valence-electron chi connectivity index (χ2n) is 5.22. The molecule has 0 saturated heterocycles. The molecule has 0 amide bonds. The smallest absolute Gasteiger partial charge is 0.161 e. The minimum atomic E-state index is 0.107. The van der Waals surface area contributed by atoms with Crippen molar-refractivity contribution in [2.24, 2.45) is 17.3 Å². The molecule has 2 aliphatic rings. The summed E-state index contributed by atoms with van der Waals surface area (Å²) < 4.78 is 0. The molecule has 2 unspecified atom stereocenters. The molecule has 2 fully saturated rings. The third-order valence-corrected chi connectivity index (χ3v) is 3.97. The van der Waals surface area contributed by atoms with Crippen LogP contribution >= 0.6 is 0 Å². The molecule has 0 aromatic rings. The zero-order valence-corrected chi connectivity index (χ0v) is 9.63. The molecule has 0 aliphatic heterocycles. The molecule has 84 valence electrons.